The number of aryl methyl sites for hydroxylation is 2. The summed E-state index contributed by atoms with van der Waals surface area (Å²) in [7, 11) is 0. The van der Waals surface area contributed by atoms with Gasteiger partial charge < -0.3 is 15.4 Å². The van der Waals surface area contributed by atoms with Gasteiger partial charge in [-0.3, -0.25) is 14.5 Å². The number of terminal acetylenes is 1. The maximum atomic E-state index is 14.1. The number of amides is 3. The molecule has 0 bridgehead atoms. The minimum Gasteiger partial charge on any atom is -0.444 e. The van der Waals surface area contributed by atoms with Crippen LogP contribution in [-0.2, 0) is 20.7 Å². The van der Waals surface area contributed by atoms with Crippen LogP contribution in [0.2, 0.25) is 5.02 Å². The molecule has 0 heterocycles. The van der Waals surface area contributed by atoms with E-state index in [4.69, 9.17) is 22.8 Å². The molecular weight excluding hydrogens is 526 g/mol. The van der Waals surface area contributed by atoms with Crippen LogP contribution in [0.3, 0.4) is 0 Å². The van der Waals surface area contributed by atoms with Crippen molar-refractivity contribution in [1.82, 2.24) is 10.2 Å². The van der Waals surface area contributed by atoms with E-state index in [9.17, 15) is 14.4 Å². The SMILES string of the molecule is C#CN(C(=O)C(Cc1ccccc1)NC(=O)OC(C)(C)C)C(C(=O)Nc1c(C)cccc1Cl)c1cccc(C)c1. The highest BCUT2D eigenvalue weighted by molar-refractivity contribution is 6.34. The van der Waals surface area contributed by atoms with Crippen LogP contribution in [0.1, 0.15) is 49.1 Å². The summed E-state index contributed by atoms with van der Waals surface area (Å²) in [6.45, 7) is 8.87. The van der Waals surface area contributed by atoms with E-state index < -0.39 is 35.6 Å². The van der Waals surface area contributed by atoms with Gasteiger partial charge in [-0.1, -0.05) is 90.3 Å². The molecule has 7 nitrogen and oxygen atoms in total. The molecule has 2 atom stereocenters. The van der Waals surface area contributed by atoms with Crippen LogP contribution in [0, 0.1) is 26.3 Å². The van der Waals surface area contributed by atoms with E-state index in [0.29, 0.717) is 16.3 Å². The van der Waals surface area contributed by atoms with E-state index in [1.165, 1.54) is 0 Å². The standard InChI is InChI=1S/C32H34ClN3O4/c1-7-36(30(38)26(20-23-15-9-8-10-16-23)34-31(39)40-32(4,5)6)28(24-17-11-13-21(2)19-24)29(37)35-27-22(3)14-12-18-25(27)33/h1,8-19,26,28H,20H2,2-6H3,(H,34,39)(H,35,37). The maximum absolute atomic E-state index is 14.1. The molecule has 40 heavy (non-hydrogen) atoms. The van der Waals surface area contributed by atoms with Gasteiger partial charge in [-0.05, 0) is 57.4 Å². The Labute approximate surface area is 240 Å². The fourth-order valence-corrected chi connectivity index (χ4v) is 4.44. The number of carbonyl (C=O) groups is 3. The Morgan fingerprint density at radius 2 is 1.68 bits per heavy atom. The van der Waals surface area contributed by atoms with Crippen molar-refractivity contribution in [2.24, 2.45) is 0 Å². The van der Waals surface area contributed by atoms with Crippen molar-refractivity contribution in [3.05, 3.63) is 100 Å². The van der Waals surface area contributed by atoms with Gasteiger partial charge in [-0.2, -0.15) is 0 Å². The second kappa shape index (κ2) is 13.2. The van der Waals surface area contributed by atoms with Gasteiger partial charge in [-0.15, -0.1) is 0 Å². The number of hydrogen-bond donors (Lipinski definition) is 2. The van der Waals surface area contributed by atoms with E-state index in [1.54, 1.807) is 51.1 Å². The lowest BCUT2D eigenvalue weighted by Crippen LogP contribution is -2.51. The van der Waals surface area contributed by atoms with Gasteiger partial charge in [0.2, 0.25) is 0 Å². The summed E-state index contributed by atoms with van der Waals surface area (Å²) in [5.74, 6) is -1.20. The van der Waals surface area contributed by atoms with Gasteiger partial charge in [0.1, 0.15) is 17.7 Å². The molecule has 0 aliphatic carbocycles. The number of alkyl carbamates (subject to hydrolysis) is 1. The van der Waals surface area contributed by atoms with E-state index >= 15 is 0 Å². The second-order valence-corrected chi connectivity index (χ2v) is 10.9. The van der Waals surface area contributed by atoms with Crippen molar-refractivity contribution in [2.45, 2.75) is 58.7 Å². The zero-order valence-electron chi connectivity index (χ0n) is 23.3. The van der Waals surface area contributed by atoms with Crippen LogP contribution in [0.4, 0.5) is 10.5 Å². The van der Waals surface area contributed by atoms with Crippen molar-refractivity contribution < 1.29 is 19.1 Å². The normalized spacial score (nSPS) is 12.4. The van der Waals surface area contributed by atoms with Gasteiger partial charge in [0.05, 0.1) is 10.7 Å². The molecule has 0 fully saturated rings. The summed E-state index contributed by atoms with van der Waals surface area (Å²) in [6.07, 6.45) is 5.26. The Balaban J connectivity index is 2.03. The highest BCUT2D eigenvalue weighted by atomic mass is 35.5. The molecule has 3 amide bonds. The molecule has 3 rings (SSSR count). The van der Waals surface area contributed by atoms with E-state index in [0.717, 1.165) is 21.6 Å². The number of carbonyl (C=O) groups excluding carboxylic acids is 3. The lowest BCUT2D eigenvalue weighted by molar-refractivity contribution is -0.136. The Morgan fingerprint density at radius 3 is 2.27 bits per heavy atom. The lowest BCUT2D eigenvalue weighted by Gasteiger charge is -2.31. The molecule has 0 radical (unpaired) electrons. The second-order valence-electron chi connectivity index (χ2n) is 10.5. The van der Waals surface area contributed by atoms with Crippen LogP contribution >= 0.6 is 11.6 Å². The molecule has 2 unspecified atom stereocenters. The molecule has 0 aliphatic heterocycles. The van der Waals surface area contributed by atoms with E-state index in [2.05, 4.69) is 16.7 Å². The Kier molecular flexibility index (Phi) is 9.98. The van der Waals surface area contributed by atoms with Crippen molar-refractivity contribution in [3.63, 3.8) is 0 Å². The average Bonchev–Trinajstić information content (AvgIpc) is 2.88. The smallest absolute Gasteiger partial charge is 0.408 e. The Hall–Kier alpha value is -4.28. The molecule has 0 saturated heterocycles. The number of nitrogens with one attached hydrogen (secondary N) is 2. The summed E-state index contributed by atoms with van der Waals surface area (Å²) >= 11 is 6.38. The highest BCUT2D eigenvalue weighted by Crippen LogP contribution is 2.29. The van der Waals surface area contributed by atoms with Crippen LogP contribution in [0.15, 0.2) is 72.8 Å². The number of benzene rings is 3. The fourth-order valence-electron chi connectivity index (χ4n) is 4.17. The summed E-state index contributed by atoms with van der Waals surface area (Å²) in [4.78, 5) is 41.7. The quantitative estimate of drug-likeness (QED) is 0.254. The third-order valence-electron chi connectivity index (χ3n) is 5.98. The molecule has 0 aliphatic rings. The van der Waals surface area contributed by atoms with E-state index in [1.807, 2.05) is 56.3 Å². The molecule has 0 aromatic heterocycles. The number of rotatable bonds is 8. The summed E-state index contributed by atoms with van der Waals surface area (Å²) < 4.78 is 5.42. The monoisotopic (exact) mass is 559 g/mol. The largest absolute Gasteiger partial charge is 0.444 e. The zero-order chi connectivity index (χ0) is 29.4. The minimum atomic E-state index is -1.22. The van der Waals surface area contributed by atoms with Gasteiger partial charge >= 0.3 is 6.09 Å². The fraction of sp³-hybridized carbons (Fsp3) is 0.281. The zero-order valence-corrected chi connectivity index (χ0v) is 24.1. The first kappa shape index (κ1) is 30.3. The molecular formula is C32H34ClN3O4. The molecule has 3 aromatic rings. The summed E-state index contributed by atoms with van der Waals surface area (Å²) in [5.41, 5.74) is 2.55. The Morgan fingerprint density at radius 1 is 1.00 bits per heavy atom. The first-order valence-corrected chi connectivity index (χ1v) is 13.2. The molecule has 2 N–H and O–H groups in total. The summed E-state index contributed by atoms with van der Waals surface area (Å²) in [5, 5.41) is 5.87. The van der Waals surface area contributed by atoms with E-state index in [-0.39, 0.29) is 6.42 Å². The van der Waals surface area contributed by atoms with Crippen LogP contribution in [0.25, 0.3) is 0 Å². The number of nitrogens with zero attached hydrogens (tertiary/aromatic N) is 1. The molecule has 0 spiro atoms. The highest BCUT2D eigenvalue weighted by Gasteiger charge is 2.36. The van der Waals surface area contributed by atoms with Gasteiger partial charge in [0, 0.05) is 12.5 Å². The molecule has 8 heteroatoms. The van der Waals surface area contributed by atoms with Gasteiger partial charge in [-0.25, -0.2) is 4.79 Å². The van der Waals surface area contributed by atoms with Gasteiger partial charge in [0.15, 0.2) is 0 Å². The number of anilines is 1. The molecule has 0 saturated carbocycles. The number of halogens is 1. The van der Waals surface area contributed by atoms with Crippen LogP contribution < -0.4 is 10.6 Å². The number of para-hydroxylation sites is 1. The first-order chi connectivity index (χ1) is 18.9. The predicted molar refractivity (Wildman–Crippen MR) is 158 cm³/mol. The van der Waals surface area contributed by atoms with Crippen molar-refractivity contribution in [1.29, 1.82) is 0 Å². The first-order valence-electron chi connectivity index (χ1n) is 12.8. The van der Waals surface area contributed by atoms with Crippen molar-refractivity contribution >= 4 is 35.2 Å². The molecule has 208 valence electrons. The lowest BCUT2D eigenvalue weighted by atomic mass is 9.99. The maximum Gasteiger partial charge on any atom is 0.408 e. The van der Waals surface area contributed by atoms with Crippen molar-refractivity contribution in [3.8, 4) is 12.5 Å². The number of hydrogen-bond acceptors (Lipinski definition) is 4. The van der Waals surface area contributed by atoms with Crippen LogP contribution in [0.5, 0.6) is 0 Å². The van der Waals surface area contributed by atoms with Crippen molar-refractivity contribution in [2.75, 3.05) is 5.32 Å². The number of ether oxygens (including phenoxy) is 1. The minimum absolute atomic E-state index is 0.128. The molecule has 3 aromatic carbocycles. The summed E-state index contributed by atoms with van der Waals surface area (Å²) in [6, 6.07) is 21.7. The topological polar surface area (TPSA) is 87.7 Å². The third-order valence-corrected chi connectivity index (χ3v) is 6.30. The van der Waals surface area contributed by atoms with Crippen LogP contribution in [-0.4, -0.2) is 34.5 Å². The average molecular weight is 560 g/mol. The van der Waals surface area contributed by atoms with Gasteiger partial charge in [0.25, 0.3) is 11.8 Å². The predicted octanol–water partition coefficient (Wildman–Crippen LogP) is 6.19. The Bertz CT molecular complexity index is 1390. The third kappa shape index (κ3) is 8.11.